The second kappa shape index (κ2) is 8.07. The molecule has 0 aliphatic heterocycles. The Hall–Kier alpha value is -3.78. The summed E-state index contributed by atoms with van der Waals surface area (Å²) in [5, 5.41) is 7.57. The van der Waals surface area contributed by atoms with Gasteiger partial charge in [-0.25, -0.2) is 4.98 Å². The molecular weight excluding hydrogens is 386 g/mol. The van der Waals surface area contributed by atoms with Gasteiger partial charge in [-0.3, -0.25) is 25.5 Å². The van der Waals surface area contributed by atoms with Crippen LogP contribution in [0, 0.1) is 6.92 Å². The zero-order valence-electron chi connectivity index (χ0n) is 15.5. The summed E-state index contributed by atoms with van der Waals surface area (Å²) in [5.41, 5.74) is 8.17. The third kappa shape index (κ3) is 4.07. The molecule has 144 valence electrons. The van der Waals surface area contributed by atoms with Gasteiger partial charge < -0.3 is 0 Å². The van der Waals surface area contributed by atoms with Gasteiger partial charge in [0.2, 0.25) is 0 Å². The molecule has 2 aromatic carbocycles. The van der Waals surface area contributed by atoms with Crippen molar-refractivity contribution in [3.63, 3.8) is 0 Å². The first kappa shape index (κ1) is 18.6. The molecule has 0 unspecified atom stereocenters. The smallest absolute Gasteiger partial charge is 0.272 e. The highest BCUT2D eigenvalue weighted by Gasteiger charge is 2.18. The van der Waals surface area contributed by atoms with E-state index in [4.69, 9.17) is 0 Å². The van der Waals surface area contributed by atoms with Gasteiger partial charge in [0.1, 0.15) is 15.6 Å². The third-order valence-electron chi connectivity index (χ3n) is 4.21. The van der Waals surface area contributed by atoms with E-state index in [1.54, 1.807) is 13.0 Å². The second-order valence-electron chi connectivity index (χ2n) is 6.24. The van der Waals surface area contributed by atoms with E-state index in [2.05, 4.69) is 26.0 Å². The SMILES string of the molecule is Cc1nc(-c2ccccc2)sc1C(=O)NNC(=O)c1cc(-c2ccccc2)n[nH]1. The van der Waals surface area contributed by atoms with E-state index in [0.29, 0.717) is 16.3 Å². The number of nitrogens with zero attached hydrogens (tertiary/aromatic N) is 2. The zero-order valence-corrected chi connectivity index (χ0v) is 16.3. The fourth-order valence-electron chi connectivity index (χ4n) is 2.74. The Balaban J connectivity index is 1.42. The van der Waals surface area contributed by atoms with Gasteiger partial charge in [0.25, 0.3) is 11.8 Å². The van der Waals surface area contributed by atoms with Crippen molar-refractivity contribution in [2.75, 3.05) is 0 Å². The number of hydrogen-bond acceptors (Lipinski definition) is 5. The molecule has 0 fully saturated rings. The highest BCUT2D eigenvalue weighted by atomic mass is 32.1. The number of H-pyrrole nitrogens is 1. The standard InChI is InChI=1S/C21H17N5O2S/c1-13-18(29-21(22-13)15-10-6-3-7-11-15)20(28)26-25-19(27)17-12-16(23-24-17)14-8-4-2-5-9-14/h2-12H,1H3,(H,23,24)(H,25,27)(H,26,28). The Morgan fingerprint density at radius 1 is 0.897 bits per heavy atom. The van der Waals surface area contributed by atoms with E-state index < -0.39 is 11.8 Å². The Labute approximate surface area is 170 Å². The average Bonchev–Trinajstić information content (AvgIpc) is 3.40. The van der Waals surface area contributed by atoms with Crippen LogP contribution in [0.5, 0.6) is 0 Å². The number of benzene rings is 2. The molecular formula is C21H17N5O2S. The van der Waals surface area contributed by atoms with Crippen LogP contribution < -0.4 is 10.9 Å². The summed E-state index contributed by atoms with van der Waals surface area (Å²) in [7, 11) is 0. The summed E-state index contributed by atoms with van der Waals surface area (Å²) < 4.78 is 0. The number of thiazole rings is 1. The van der Waals surface area contributed by atoms with Crippen molar-refractivity contribution in [1.82, 2.24) is 26.0 Å². The molecule has 0 aliphatic rings. The Morgan fingerprint density at radius 3 is 2.21 bits per heavy atom. The van der Waals surface area contributed by atoms with Crippen LogP contribution in [0.2, 0.25) is 0 Å². The number of carbonyl (C=O) groups excluding carboxylic acids is 2. The molecule has 2 amide bonds. The number of amides is 2. The summed E-state index contributed by atoms with van der Waals surface area (Å²) in [6.45, 7) is 1.76. The number of hydrazine groups is 1. The van der Waals surface area contributed by atoms with Crippen molar-refractivity contribution in [1.29, 1.82) is 0 Å². The van der Waals surface area contributed by atoms with Crippen LogP contribution in [0.15, 0.2) is 66.7 Å². The summed E-state index contributed by atoms with van der Waals surface area (Å²) >= 11 is 1.27. The molecule has 8 heteroatoms. The first-order chi connectivity index (χ1) is 14.1. The number of aryl methyl sites for hydroxylation is 1. The molecule has 4 aromatic rings. The third-order valence-corrected chi connectivity index (χ3v) is 5.41. The van der Waals surface area contributed by atoms with Crippen molar-refractivity contribution in [2.45, 2.75) is 6.92 Å². The van der Waals surface area contributed by atoms with E-state index in [0.717, 1.165) is 16.1 Å². The highest BCUT2D eigenvalue weighted by Crippen LogP contribution is 2.27. The van der Waals surface area contributed by atoms with Gasteiger partial charge in [-0.1, -0.05) is 60.7 Å². The summed E-state index contributed by atoms with van der Waals surface area (Å²) in [4.78, 5) is 29.7. The van der Waals surface area contributed by atoms with Gasteiger partial charge in [-0.15, -0.1) is 11.3 Å². The topological polar surface area (TPSA) is 99.8 Å². The lowest BCUT2D eigenvalue weighted by molar-refractivity contribution is 0.0845. The maximum atomic E-state index is 12.5. The molecule has 0 atom stereocenters. The van der Waals surface area contributed by atoms with Crippen molar-refractivity contribution in [3.8, 4) is 21.8 Å². The van der Waals surface area contributed by atoms with Crippen molar-refractivity contribution < 1.29 is 9.59 Å². The molecule has 0 saturated heterocycles. The van der Waals surface area contributed by atoms with Crippen LogP contribution in [0.3, 0.4) is 0 Å². The Kier molecular flexibility index (Phi) is 5.17. The van der Waals surface area contributed by atoms with E-state index >= 15 is 0 Å². The van der Waals surface area contributed by atoms with E-state index in [1.165, 1.54) is 11.3 Å². The maximum absolute atomic E-state index is 12.5. The predicted octanol–water partition coefficient (Wildman–Crippen LogP) is 3.58. The van der Waals surface area contributed by atoms with Crippen molar-refractivity contribution >= 4 is 23.2 Å². The normalized spacial score (nSPS) is 10.5. The van der Waals surface area contributed by atoms with Crippen LogP contribution in [0.25, 0.3) is 21.8 Å². The first-order valence-corrected chi connectivity index (χ1v) is 9.68. The minimum absolute atomic E-state index is 0.246. The molecule has 2 heterocycles. The number of aromatic nitrogens is 3. The summed E-state index contributed by atoms with van der Waals surface area (Å²) in [5.74, 6) is -0.906. The van der Waals surface area contributed by atoms with Gasteiger partial charge >= 0.3 is 0 Å². The van der Waals surface area contributed by atoms with Gasteiger partial charge in [0, 0.05) is 11.1 Å². The van der Waals surface area contributed by atoms with Gasteiger partial charge in [-0.2, -0.15) is 5.10 Å². The van der Waals surface area contributed by atoms with Crippen LogP contribution >= 0.6 is 11.3 Å². The minimum Gasteiger partial charge on any atom is -0.272 e. The molecule has 4 rings (SSSR count). The average molecular weight is 403 g/mol. The second-order valence-corrected chi connectivity index (χ2v) is 7.24. The lowest BCUT2D eigenvalue weighted by atomic mass is 10.1. The Bertz CT molecular complexity index is 1150. The molecule has 3 N–H and O–H groups in total. The quantitative estimate of drug-likeness (QED) is 0.454. The fourth-order valence-corrected chi connectivity index (χ4v) is 3.71. The number of aromatic amines is 1. The van der Waals surface area contributed by atoms with Crippen molar-refractivity contribution in [3.05, 3.63) is 83.0 Å². The van der Waals surface area contributed by atoms with Crippen molar-refractivity contribution in [2.24, 2.45) is 0 Å². The van der Waals surface area contributed by atoms with Crippen LogP contribution in [-0.4, -0.2) is 27.0 Å². The maximum Gasteiger partial charge on any atom is 0.287 e. The van der Waals surface area contributed by atoms with Gasteiger partial charge in [0.05, 0.1) is 11.4 Å². The Morgan fingerprint density at radius 2 is 1.52 bits per heavy atom. The highest BCUT2D eigenvalue weighted by molar-refractivity contribution is 7.17. The molecule has 0 radical (unpaired) electrons. The van der Waals surface area contributed by atoms with Gasteiger partial charge in [-0.05, 0) is 13.0 Å². The predicted molar refractivity (Wildman–Crippen MR) is 111 cm³/mol. The largest absolute Gasteiger partial charge is 0.287 e. The molecule has 0 aliphatic carbocycles. The van der Waals surface area contributed by atoms with E-state index in [-0.39, 0.29) is 5.69 Å². The summed E-state index contributed by atoms with van der Waals surface area (Å²) in [6.07, 6.45) is 0. The first-order valence-electron chi connectivity index (χ1n) is 8.86. The minimum atomic E-state index is -0.488. The molecule has 0 bridgehead atoms. The number of nitrogens with one attached hydrogen (secondary N) is 3. The van der Waals surface area contributed by atoms with E-state index in [9.17, 15) is 9.59 Å². The molecule has 29 heavy (non-hydrogen) atoms. The van der Waals surface area contributed by atoms with E-state index in [1.807, 2.05) is 60.7 Å². The number of rotatable bonds is 4. The number of carbonyl (C=O) groups is 2. The summed E-state index contributed by atoms with van der Waals surface area (Å²) in [6, 6.07) is 20.7. The molecule has 2 aromatic heterocycles. The van der Waals surface area contributed by atoms with Crippen LogP contribution in [0.1, 0.15) is 25.9 Å². The lowest BCUT2D eigenvalue weighted by Gasteiger charge is -2.04. The molecule has 0 saturated carbocycles. The van der Waals surface area contributed by atoms with Crippen LogP contribution in [0.4, 0.5) is 0 Å². The zero-order chi connectivity index (χ0) is 20.2. The lowest BCUT2D eigenvalue weighted by Crippen LogP contribution is -2.41. The number of hydrogen-bond donors (Lipinski definition) is 3. The monoisotopic (exact) mass is 403 g/mol. The fraction of sp³-hybridized carbons (Fsp3) is 0.0476. The van der Waals surface area contributed by atoms with Crippen LogP contribution in [-0.2, 0) is 0 Å². The molecule has 0 spiro atoms. The van der Waals surface area contributed by atoms with Gasteiger partial charge in [0.15, 0.2) is 0 Å². The molecule has 7 nitrogen and oxygen atoms in total.